The Morgan fingerprint density at radius 1 is 1.31 bits per heavy atom. The molecule has 1 aliphatic carbocycles. The van der Waals surface area contributed by atoms with Crippen LogP contribution in [0, 0.1) is 5.92 Å². The van der Waals surface area contributed by atoms with Gasteiger partial charge in [0.25, 0.3) is 5.91 Å². The number of carbonyl (C=O) groups is 1. The normalized spacial score (nSPS) is 19.7. The van der Waals surface area contributed by atoms with Crippen LogP contribution in [0.25, 0.3) is 0 Å². The molecular weight excluding hydrogens is 382 g/mol. The van der Waals surface area contributed by atoms with Crippen molar-refractivity contribution in [1.29, 1.82) is 0 Å². The van der Waals surface area contributed by atoms with E-state index in [0.717, 1.165) is 75.7 Å². The number of morpholine rings is 1. The molecule has 1 atom stereocenters. The summed E-state index contributed by atoms with van der Waals surface area (Å²) >= 11 is 1.77. The molecule has 0 saturated carbocycles. The van der Waals surface area contributed by atoms with Crippen molar-refractivity contribution < 1.29 is 9.53 Å². The lowest BCUT2D eigenvalue weighted by Crippen LogP contribution is -2.39. The SMILES string of the molecule is CC1CCc2c(C(=O)N(CCCN3CCOCC3)Cc3ccncc3)csc2C1. The standard InChI is InChI=1S/C23H31N3O2S/c1-18-3-4-20-21(17-29-22(20)15-18)23(27)26(16-19-5-7-24-8-6-19)10-2-9-25-11-13-28-14-12-25/h5-8,17-18H,2-4,9-16H2,1H3. The largest absolute Gasteiger partial charge is 0.379 e. The van der Waals surface area contributed by atoms with E-state index >= 15 is 0 Å². The number of nitrogens with zero attached hydrogens (tertiary/aromatic N) is 3. The topological polar surface area (TPSA) is 45.7 Å². The van der Waals surface area contributed by atoms with E-state index in [1.54, 1.807) is 23.7 Å². The number of carbonyl (C=O) groups excluding carboxylic acids is 1. The Morgan fingerprint density at radius 2 is 2.10 bits per heavy atom. The van der Waals surface area contributed by atoms with E-state index in [9.17, 15) is 4.79 Å². The van der Waals surface area contributed by atoms with Crippen molar-refractivity contribution in [3.63, 3.8) is 0 Å². The van der Waals surface area contributed by atoms with E-state index in [1.165, 1.54) is 16.9 Å². The Labute approximate surface area is 177 Å². The molecule has 2 aromatic heterocycles. The number of rotatable bonds is 7. The molecule has 1 fully saturated rings. The molecule has 29 heavy (non-hydrogen) atoms. The van der Waals surface area contributed by atoms with Crippen LogP contribution in [0.4, 0.5) is 0 Å². The lowest BCUT2D eigenvalue weighted by Gasteiger charge is -2.29. The minimum Gasteiger partial charge on any atom is -0.379 e. The van der Waals surface area contributed by atoms with Crippen molar-refractivity contribution in [2.75, 3.05) is 39.4 Å². The zero-order valence-electron chi connectivity index (χ0n) is 17.3. The molecule has 6 heteroatoms. The van der Waals surface area contributed by atoms with Gasteiger partial charge in [-0.2, -0.15) is 0 Å². The molecule has 2 aromatic rings. The fourth-order valence-electron chi connectivity index (χ4n) is 4.30. The summed E-state index contributed by atoms with van der Waals surface area (Å²) in [7, 11) is 0. The van der Waals surface area contributed by atoms with Crippen LogP contribution >= 0.6 is 11.3 Å². The van der Waals surface area contributed by atoms with Crippen molar-refractivity contribution in [3.05, 3.63) is 51.5 Å². The molecule has 1 aliphatic heterocycles. The Morgan fingerprint density at radius 3 is 2.90 bits per heavy atom. The minimum atomic E-state index is 0.191. The lowest BCUT2D eigenvalue weighted by atomic mass is 9.88. The summed E-state index contributed by atoms with van der Waals surface area (Å²) in [6.45, 7) is 8.38. The van der Waals surface area contributed by atoms with Gasteiger partial charge in [0.1, 0.15) is 0 Å². The molecule has 0 N–H and O–H groups in total. The van der Waals surface area contributed by atoms with Crippen LogP contribution in [0.5, 0.6) is 0 Å². The van der Waals surface area contributed by atoms with Gasteiger partial charge in [0, 0.05) is 55.4 Å². The average Bonchev–Trinajstić information content (AvgIpc) is 3.17. The summed E-state index contributed by atoms with van der Waals surface area (Å²) in [5.41, 5.74) is 3.39. The van der Waals surface area contributed by atoms with Gasteiger partial charge in [0.05, 0.1) is 18.8 Å². The summed E-state index contributed by atoms with van der Waals surface area (Å²) < 4.78 is 5.44. The lowest BCUT2D eigenvalue weighted by molar-refractivity contribution is 0.0355. The number of aromatic nitrogens is 1. The third kappa shape index (κ3) is 5.24. The maximum Gasteiger partial charge on any atom is 0.255 e. The van der Waals surface area contributed by atoms with E-state index in [-0.39, 0.29) is 5.91 Å². The van der Waals surface area contributed by atoms with Gasteiger partial charge in [-0.1, -0.05) is 6.92 Å². The number of ether oxygens (including phenoxy) is 1. The summed E-state index contributed by atoms with van der Waals surface area (Å²) in [6.07, 6.45) is 7.94. The van der Waals surface area contributed by atoms with E-state index < -0.39 is 0 Å². The van der Waals surface area contributed by atoms with Crippen molar-refractivity contribution >= 4 is 17.2 Å². The number of hydrogen-bond donors (Lipinski definition) is 0. The van der Waals surface area contributed by atoms with Crippen molar-refractivity contribution in [3.8, 4) is 0 Å². The molecular formula is C23H31N3O2S. The van der Waals surface area contributed by atoms with Gasteiger partial charge in [0.15, 0.2) is 0 Å². The monoisotopic (exact) mass is 413 g/mol. The first-order valence-corrected chi connectivity index (χ1v) is 11.7. The summed E-state index contributed by atoms with van der Waals surface area (Å²) in [5.74, 6) is 0.918. The fourth-order valence-corrected chi connectivity index (χ4v) is 5.54. The number of fused-ring (bicyclic) bond motifs is 1. The fraction of sp³-hybridized carbons (Fsp3) is 0.565. The maximum absolute atomic E-state index is 13.5. The molecule has 1 saturated heterocycles. The summed E-state index contributed by atoms with van der Waals surface area (Å²) in [5, 5.41) is 2.10. The van der Waals surface area contributed by atoms with E-state index in [1.807, 2.05) is 17.0 Å². The molecule has 0 spiro atoms. The Bertz CT molecular complexity index is 802. The van der Waals surface area contributed by atoms with Gasteiger partial charge in [0.2, 0.25) is 0 Å². The van der Waals surface area contributed by atoms with Gasteiger partial charge < -0.3 is 9.64 Å². The zero-order chi connectivity index (χ0) is 20.1. The van der Waals surface area contributed by atoms with Crippen LogP contribution in [0.3, 0.4) is 0 Å². The Hall–Kier alpha value is -1.76. The molecule has 1 amide bonds. The van der Waals surface area contributed by atoms with Crippen LogP contribution in [0.2, 0.25) is 0 Å². The smallest absolute Gasteiger partial charge is 0.255 e. The van der Waals surface area contributed by atoms with E-state index in [0.29, 0.717) is 6.54 Å². The number of thiophene rings is 1. The Balaban J connectivity index is 1.46. The molecule has 5 nitrogen and oxygen atoms in total. The highest BCUT2D eigenvalue weighted by Crippen LogP contribution is 2.33. The molecule has 4 rings (SSSR count). The van der Waals surface area contributed by atoms with Crippen molar-refractivity contribution in [1.82, 2.24) is 14.8 Å². The van der Waals surface area contributed by atoms with Gasteiger partial charge in [-0.3, -0.25) is 14.7 Å². The van der Waals surface area contributed by atoms with Crippen molar-refractivity contribution in [2.45, 2.75) is 39.2 Å². The highest BCUT2D eigenvalue weighted by molar-refractivity contribution is 7.10. The van der Waals surface area contributed by atoms with Crippen molar-refractivity contribution in [2.24, 2.45) is 5.92 Å². The molecule has 0 radical (unpaired) electrons. The molecule has 3 heterocycles. The molecule has 156 valence electrons. The first kappa shape index (κ1) is 20.5. The zero-order valence-corrected chi connectivity index (χ0v) is 18.1. The van der Waals surface area contributed by atoms with Crippen LogP contribution in [0.15, 0.2) is 29.9 Å². The molecule has 0 bridgehead atoms. The second-order valence-corrected chi connectivity index (χ2v) is 9.25. The third-order valence-electron chi connectivity index (χ3n) is 6.05. The van der Waals surface area contributed by atoms with Crippen LogP contribution < -0.4 is 0 Å². The molecule has 0 aromatic carbocycles. The van der Waals surface area contributed by atoms with Gasteiger partial charge in [-0.25, -0.2) is 0 Å². The second-order valence-electron chi connectivity index (χ2n) is 8.29. The minimum absolute atomic E-state index is 0.191. The van der Waals surface area contributed by atoms with E-state index in [4.69, 9.17) is 4.74 Å². The number of hydrogen-bond acceptors (Lipinski definition) is 5. The highest BCUT2D eigenvalue weighted by Gasteiger charge is 2.26. The highest BCUT2D eigenvalue weighted by atomic mass is 32.1. The predicted octanol–water partition coefficient (Wildman–Crippen LogP) is 3.63. The summed E-state index contributed by atoms with van der Waals surface area (Å²) in [6, 6.07) is 4.01. The van der Waals surface area contributed by atoms with Gasteiger partial charge >= 0.3 is 0 Å². The van der Waals surface area contributed by atoms with Gasteiger partial charge in [-0.05, 0) is 54.9 Å². The summed E-state index contributed by atoms with van der Waals surface area (Å²) in [4.78, 5) is 23.5. The molecule has 1 unspecified atom stereocenters. The number of pyridine rings is 1. The van der Waals surface area contributed by atoms with E-state index in [2.05, 4.69) is 22.2 Å². The third-order valence-corrected chi connectivity index (χ3v) is 7.10. The number of amides is 1. The second kappa shape index (κ2) is 9.83. The Kier molecular flexibility index (Phi) is 6.95. The predicted molar refractivity (Wildman–Crippen MR) is 116 cm³/mol. The van der Waals surface area contributed by atoms with Crippen LogP contribution in [-0.2, 0) is 24.1 Å². The quantitative estimate of drug-likeness (QED) is 0.695. The van der Waals surface area contributed by atoms with Gasteiger partial charge in [-0.15, -0.1) is 11.3 Å². The average molecular weight is 414 g/mol. The first-order chi connectivity index (χ1) is 14.2. The maximum atomic E-state index is 13.5. The van der Waals surface area contributed by atoms with Crippen LogP contribution in [-0.4, -0.2) is 60.1 Å². The first-order valence-electron chi connectivity index (χ1n) is 10.8. The molecule has 2 aliphatic rings. The van der Waals surface area contributed by atoms with Crippen LogP contribution in [0.1, 0.15) is 46.1 Å².